The van der Waals surface area contributed by atoms with E-state index in [1.54, 1.807) is 6.07 Å². The second kappa shape index (κ2) is 7.45. The molecule has 106 valence electrons. The Morgan fingerprint density at radius 2 is 2.30 bits per heavy atom. The Morgan fingerprint density at radius 3 is 2.85 bits per heavy atom. The maximum absolute atomic E-state index is 11.4. The van der Waals surface area contributed by atoms with Crippen molar-refractivity contribution < 1.29 is 14.5 Å². The Bertz CT molecular complexity index is 569. The monoisotopic (exact) mass is 341 g/mol. The summed E-state index contributed by atoms with van der Waals surface area (Å²) in [7, 11) is 0. The maximum atomic E-state index is 11.4. The number of carbonyl (C=O) groups excluding carboxylic acids is 1. The number of rotatable bonds is 6. The molecule has 1 aromatic carbocycles. The number of nitrogens with one attached hydrogen (secondary N) is 1. The molecule has 0 atom stereocenters. The molecule has 20 heavy (non-hydrogen) atoms. The second-order valence-electron chi connectivity index (χ2n) is 3.79. The van der Waals surface area contributed by atoms with Gasteiger partial charge in [-0.25, -0.2) is 0 Å². The molecular formula is C12H12BrN3O4. The molecule has 0 saturated heterocycles. The van der Waals surface area contributed by atoms with Crippen molar-refractivity contribution >= 4 is 33.2 Å². The highest BCUT2D eigenvalue weighted by Gasteiger charge is 2.19. The van der Waals surface area contributed by atoms with Gasteiger partial charge in [0.1, 0.15) is 17.9 Å². The van der Waals surface area contributed by atoms with Crippen LogP contribution in [0, 0.1) is 21.4 Å². The summed E-state index contributed by atoms with van der Waals surface area (Å²) in [5.74, 6) is -0.218. The number of nitro benzene ring substituents is 1. The van der Waals surface area contributed by atoms with Crippen molar-refractivity contribution in [2.45, 2.75) is 19.8 Å². The molecule has 0 unspecified atom stereocenters. The number of carbonyl (C=O) groups is 1. The fourth-order valence-electron chi connectivity index (χ4n) is 1.38. The van der Waals surface area contributed by atoms with Crippen molar-refractivity contribution in [3.05, 3.63) is 26.7 Å². The van der Waals surface area contributed by atoms with Crippen LogP contribution in [-0.4, -0.2) is 17.4 Å². The van der Waals surface area contributed by atoms with Crippen LogP contribution >= 0.6 is 15.9 Å². The summed E-state index contributed by atoms with van der Waals surface area (Å²) in [6.45, 7) is 2.37. The number of nitrogens with zero attached hydrogens (tertiary/aromatic N) is 2. The molecule has 1 rings (SSSR count). The summed E-state index contributed by atoms with van der Waals surface area (Å²) in [6, 6.07) is 4.30. The van der Waals surface area contributed by atoms with Crippen LogP contribution < -0.4 is 10.1 Å². The summed E-state index contributed by atoms with van der Waals surface area (Å²) in [6.07, 6.45) is 0.401. The highest BCUT2D eigenvalue weighted by atomic mass is 79.9. The first-order valence-corrected chi connectivity index (χ1v) is 6.56. The second-order valence-corrected chi connectivity index (χ2v) is 4.64. The van der Waals surface area contributed by atoms with Crippen molar-refractivity contribution in [3.8, 4) is 11.8 Å². The van der Waals surface area contributed by atoms with Gasteiger partial charge in [-0.05, 0) is 22.4 Å². The lowest BCUT2D eigenvalue weighted by molar-refractivity contribution is -0.384. The van der Waals surface area contributed by atoms with Crippen LogP contribution in [0.4, 0.5) is 11.4 Å². The normalized spacial score (nSPS) is 9.65. The Morgan fingerprint density at radius 1 is 1.60 bits per heavy atom. The molecule has 1 N–H and O–H groups in total. The minimum Gasteiger partial charge on any atom is -0.492 e. The van der Waals surface area contributed by atoms with Crippen molar-refractivity contribution in [3.63, 3.8) is 0 Å². The van der Waals surface area contributed by atoms with E-state index in [0.29, 0.717) is 16.8 Å². The third kappa shape index (κ3) is 4.20. The molecule has 0 aliphatic rings. The van der Waals surface area contributed by atoms with Crippen molar-refractivity contribution in [2.24, 2.45) is 0 Å². The van der Waals surface area contributed by atoms with E-state index in [1.807, 2.05) is 6.92 Å². The number of benzene rings is 1. The van der Waals surface area contributed by atoms with Gasteiger partial charge in [-0.3, -0.25) is 14.9 Å². The Kier molecular flexibility index (Phi) is 5.93. The number of ether oxygens (including phenoxy) is 1. The molecule has 0 spiro atoms. The van der Waals surface area contributed by atoms with Crippen molar-refractivity contribution in [2.75, 3.05) is 11.9 Å². The molecular weight excluding hydrogens is 330 g/mol. The van der Waals surface area contributed by atoms with Crippen LogP contribution in [0.3, 0.4) is 0 Å². The zero-order valence-corrected chi connectivity index (χ0v) is 12.3. The van der Waals surface area contributed by atoms with Gasteiger partial charge >= 0.3 is 0 Å². The average Bonchev–Trinajstić information content (AvgIpc) is 2.38. The summed E-state index contributed by atoms with van der Waals surface area (Å²) in [4.78, 5) is 21.7. The van der Waals surface area contributed by atoms with Crippen molar-refractivity contribution in [1.29, 1.82) is 5.26 Å². The topological polar surface area (TPSA) is 105 Å². The number of hydrogen-bond acceptors (Lipinski definition) is 5. The molecule has 0 radical (unpaired) electrons. The van der Waals surface area contributed by atoms with E-state index in [-0.39, 0.29) is 17.8 Å². The van der Waals surface area contributed by atoms with E-state index in [1.165, 1.54) is 12.1 Å². The predicted molar refractivity (Wildman–Crippen MR) is 75.4 cm³/mol. The van der Waals surface area contributed by atoms with Gasteiger partial charge in [-0.2, -0.15) is 5.26 Å². The molecule has 0 aromatic heterocycles. The van der Waals surface area contributed by atoms with Crippen LogP contribution in [0.25, 0.3) is 0 Å². The smallest absolute Gasteiger partial charge is 0.294 e. The number of halogens is 1. The number of nitriles is 1. The third-order valence-corrected chi connectivity index (χ3v) is 2.84. The molecule has 8 heteroatoms. The summed E-state index contributed by atoms with van der Waals surface area (Å²) < 4.78 is 5.84. The van der Waals surface area contributed by atoms with E-state index in [9.17, 15) is 14.9 Å². The first-order valence-electron chi connectivity index (χ1n) is 5.77. The lowest BCUT2D eigenvalue weighted by atomic mass is 10.2. The number of amides is 1. The average molecular weight is 342 g/mol. The molecule has 1 aromatic rings. The Hall–Kier alpha value is -2.14. The molecule has 1 amide bonds. The highest BCUT2D eigenvalue weighted by molar-refractivity contribution is 9.10. The number of nitro groups is 1. The quantitative estimate of drug-likeness (QED) is 0.632. The van der Waals surface area contributed by atoms with Crippen LogP contribution in [-0.2, 0) is 4.79 Å². The van der Waals surface area contributed by atoms with Crippen LogP contribution in [0.5, 0.6) is 5.75 Å². The largest absolute Gasteiger partial charge is 0.492 e. The van der Waals surface area contributed by atoms with Crippen LogP contribution in [0.15, 0.2) is 16.6 Å². The first-order chi connectivity index (χ1) is 9.49. The Balaban J connectivity index is 3.13. The zero-order chi connectivity index (χ0) is 15.1. The minimum atomic E-state index is -0.615. The summed E-state index contributed by atoms with van der Waals surface area (Å²) in [5, 5.41) is 21.7. The van der Waals surface area contributed by atoms with Gasteiger partial charge in [-0.1, -0.05) is 6.92 Å². The SMILES string of the molecule is CCCOc1cc(NC(=O)CC#N)c([N+](=O)[O-])cc1Br. The van der Waals surface area contributed by atoms with Gasteiger partial charge in [0.15, 0.2) is 0 Å². The fourth-order valence-corrected chi connectivity index (χ4v) is 1.83. The summed E-state index contributed by atoms with van der Waals surface area (Å²) in [5.41, 5.74) is -0.267. The van der Waals surface area contributed by atoms with Crippen molar-refractivity contribution in [1.82, 2.24) is 0 Å². The molecule has 0 fully saturated rings. The summed E-state index contributed by atoms with van der Waals surface area (Å²) >= 11 is 3.18. The predicted octanol–water partition coefficient (Wildman–Crippen LogP) is 3.00. The van der Waals surface area contributed by atoms with Gasteiger partial charge in [0.05, 0.1) is 22.1 Å². The molecule has 7 nitrogen and oxygen atoms in total. The standard InChI is InChI=1S/C12H12BrN3O4/c1-2-5-20-11-7-9(15-12(17)3-4-14)10(16(18)19)6-8(11)13/h6-7H,2-3,5H2,1H3,(H,15,17). The van der Waals surface area contributed by atoms with Gasteiger partial charge < -0.3 is 10.1 Å². The molecule has 0 heterocycles. The van der Waals surface area contributed by atoms with E-state index in [2.05, 4.69) is 21.2 Å². The zero-order valence-electron chi connectivity index (χ0n) is 10.7. The number of anilines is 1. The first kappa shape index (κ1) is 15.9. The molecule has 0 bridgehead atoms. The molecule has 0 aliphatic carbocycles. The van der Waals surface area contributed by atoms with Gasteiger partial charge in [0, 0.05) is 12.1 Å². The van der Waals surface area contributed by atoms with Crippen LogP contribution in [0.1, 0.15) is 19.8 Å². The molecule has 0 aliphatic heterocycles. The van der Waals surface area contributed by atoms with Crippen LogP contribution in [0.2, 0.25) is 0 Å². The van der Waals surface area contributed by atoms with E-state index in [0.717, 1.165) is 6.42 Å². The number of hydrogen-bond donors (Lipinski definition) is 1. The van der Waals surface area contributed by atoms with Gasteiger partial charge in [-0.15, -0.1) is 0 Å². The van der Waals surface area contributed by atoms with E-state index < -0.39 is 10.8 Å². The van der Waals surface area contributed by atoms with E-state index >= 15 is 0 Å². The lowest BCUT2D eigenvalue weighted by Crippen LogP contribution is -2.12. The maximum Gasteiger partial charge on any atom is 0.294 e. The lowest BCUT2D eigenvalue weighted by Gasteiger charge is -2.10. The minimum absolute atomic E-state index is 0.00422. The van der Waals surface area contributed by atoms with Gasteiger partial charge in [0.2, 0.25) is 5.91 Å². The highest BCUT2D eigenvalue weighted by Crippen LogP contribution is 2.36. The van der Waals surface area contributed by atoms with Gasteiger partial charge in [0.25, 0.3) is 5.69 Å². The van der Waals surface area contributed by atoms with E-state index in [4.69, 9.17) is 10.00 Å². The fraction of sp³-hybridized carbons (Fsp3) is 0.333. The Labute approximate surface area is 123 Å². The molecule has 0 saturated carbocycles. The third-order valence-electron chi connectivity index (χ3n) is 2.22.